The average Bonchev–Trinajstić information content (AvgIpc) is 2.67. The molecule has 4 heteroatoms. The van der Waals surface area contributed by atoms with Crippen molar-refractivity contribution in [2.45, 2.75) is 37.0 Å². The van der Waals surface area contributed by atoms with Crippen LogP contribution in [0.4, 0.5) is 0 Å². The first-order valence-corrected chi connectivity index (χ1v) is 8.69. The first-order valence-electron chi connectivity index (χ1n) is 7.46. The molecule has 1 saturated carbocycles. The minimum absolute atomic E-state index is 0.475. The van der Waals surface area contributed by atoms with Crippen LogP contribution in [0.25, 0.3) is 0 Å². The van der Waals surface area contributed by atoms with Gasteiger partial charge in [-0.1, -0.05) is 18.6 Å². The zero-order chi connectivity index (χ0) is 13.8. The van der Waals surface area contributed by atoms with Crippen molar-refractivity contribution in [3.63, 3.8) is 0 Å². The van der Waals surface area contributed by atoms with Crippen LogP contribution in [0.2, 0.25) is 0 Å². The fraction of sp³-hybridized carbons (Fsp3) is 0.625. The molecule has 0 aromatic heterocycles. The number of rotatable bonds is 5. The van der Waals surface area contributed by atoms with Gasteiger partial charge in [0.25, 0.3) is 0 Å². The molecule has 1 aromatic carbocycles. The standard InChI is InChI=1S/C16H23NO2S/c1-20-16(7-3-8-16)12-17-11-13-5-2-6-14-15(13)19-10-4-9-18-14/h2,5-6,17H,3-4,7-12H2,1H3. The molecular weight excluding hydrogens is 270 g/mol. The number of hydrogen-bond acceptors (Lipinski definition) is 4. The molecule has 1 N–H and O–H groups in total. The molecule has 0 saturated heterocycles. The van der Waals surface area contributed by atoms with Crippen molar-refractivity contribution in [1.82, 2.24) is 5.32 Å². The van der Waals surface area contributed by atoms with Crippen molar-refractivity contribution in [1.29, 1.82) is 0 Å². The molecule has 0 atom stereocenters. The van der Waals surface area contributed by atoms with E-state index in [0.29, 0.717) is 4.75 Å². The van der Waals surface area contributed by atoms with E-state index in [9.17, 15) is 0 Å². The Morgan fingerprint density at radius 3 is 2.80 bits per heavy atom. The molecule has 1 fully saturated rings. The Bertz CT molecular complexity index is 454. The summed E-state index contributed by atoms with van der Waals surface area (Å²) < 4.78 is 12.1. The molecule has 0 amide bonds. The monoisotopic (exact) mass is 293 g/mol. The largest absolute Gasteiger partial charge is 0.490 e. The number of nitrogens with one attached hydrogen (secondary N) is 1. The zero-order valence-corrected chi connectivity index (χ0v) is 12.9. The third-order valence-corrected chi connectivity index (χ3v) is 5.73. The van der Waals surface area contributed by atoms with E-state index >= 15 is 0 Å². The van der Waals surface area contributed by atoms with E-state index in [1.165, 1.54) is 24.8 Å². The van der Waals surface area contributed by atoms with Gasteiger partial charge >= 0.3 is 0 Å². The van der Waals surface area contributed by atoms with Gasteiger partial charge in [-0.15, -0.1) is 0 Å². The first-order chi connectivity index (χ1) is 9.83. The van der Waals surface area contributed by atoms with Crippen LogP contribution < -0.4 is 14.8 Å². The summed E-state index contributed by atoms with van der Waals surface area (Å²) in [6.45, 7) is 3.44. The fourth-order valence-electron chi connectivity index (χ4n) is 2.84. The lowest BCUT2D eigenvalue weighted by Gasteiger charge is -2.40. The molecule has 3 rings (SSSR count). The van der Waals surface area contributed by atoms with Crippen LogP contribution in [0.1, 0.15) is 31.2 Å². The van der Waals surface area contributed by atoms with E-state index in [1.54, 1.807) is 0 Å². The van der Waals surface area contributed by atoms with E-state index in [2.05, 4.69) is 23.7 Å². The van der Waals surface area contributed by atoms with Crippen molar-refractivity contribution in [2.75, 3.05) is 26.0 Å². The van der Waals surface area contributed by atoms with E-state index in [-0.39, 0.29) is 0 Å². The smallest absolute Gasteiger partial charge is 0.165 e. The van der Waals surface area contributed by atoms with Crippen molar-refractivity contribution >= 4 is 11.8 Å². The quantitative estimate of drug-likeness (QED) is 0.903. The Morgan fingerprint density at radius 1 is 1.20 bits per heavy atom. The normalized spacial score (nSPS) is 20.1. The number of hydrogen-bond donors (Lipinski definition) is 1. The lowest BCUT2D eigenvalue weighted by atomic mass is 9.84. The number of fused-ring (bicyclic) bond motifs is 1. The number of thioether (sulfide) groups is 1. The third-order valence-electron chi connectivity index (χ3n) is 4.31. The summed E-state index contributed by atoms with van der Waals surface area (Å²) >= 11 is 2.01. The first kappa shape index (κ1) is 14.1. The van der Waals surface area contributed by atoms with Crippen molar-refractivity contribution < 1.29 is 9.47 Å². The molecule has 2 aliphatic rings. The highest BCUT2D eigenvalue weighted by molar-refractivity contribution is 8.00. The summed E-state index contributed by atoms with van der Waals surface area (Å²) in [5.74, 6) is 1.83. The summed E-state index contributed by atoms with van der Waals surface area (Å²) in [6, 6.07) is 6.19. The lowest BCUT2D eigenvalue weighted by molar-refractivity contribution is 0.295. The van der Waals surface area contributed by atoms with Gasteiger partial charge < -0.3 is 14.8 Å². The van der Waals surface area contributed by atoms with Gasteiger partial charge in [-0.2, -0.15) is 11.8 Å². The minimum atomic E-state index is 0.475. The summed E-state index contributed by atoms with van der Waals surface area (Å²) in [7, 11) is 0. The molecule has 1 aliphatic carbocycles. The summed E-state index contributed by atoms with van der Waals surface area (Å²) in [6.07, 6.45) is 7.24. The van der Waals surface area contributed by atoms with Gasteiger partial charge in [0.15, 0.2) is 11.5 Å². The van der Waals surface area contributed by atoms with Gasteiger partial charge in [0.05, 0.1) is 13.2 Å². The second-order valence-electron chi connectivity index (χ2n) is 5.64. The SMILES string of the molecule is CSC1(CNCc2cccc3c2OCCCO3)CCC1. The Morgan fingerprint density at radius 2 is 2.05 bits per heavy atom. The molecule has 1 aliphatic heterocycles. The van der Waals surface area contributed by atoms with E-state index in [0.717, 1.165) is 44.2 Å². The third kappa shape index (κ3) is 2.91. The summed E-state index contributed by atoms with van der Waals surface area (Å²) in [5, 5.41) is 3.61. The topological polar surface area (TPSA) is 30.5 Å². The molecular formula is C16H23NO2S. The van der Waals surface area contributed by atoms with Gasteiger partial charge in [-0.05, 0) is 25.2 Å². The van der Waals surface area contributed by atoms with Gasteiger partial charge in [0, 0.05) is 29.8 Å². The molecule has 0 bridgehead atoms. The van der Waals surface area contributed by atoms with Crippen molar-refractivity contribution in [3.8, 4) is 11.5 Å². The van der Waals surface area contributed by atoms with Crippen LogP contribution >= 0.6 is 11.8 Å². The highest BCUT2D eigenvalue weighted by Crippen LogP contribution is 2.42. The molecule has 0 radical (unpaired) electrons. The highest BCUT2D eigenvalue weighted by atomic mass is 32.2. The van der Waals surface area contributed by atoms with Gasteiger partial charge in [-0.25, -0.2) is 0 Å². The van der Waals surface area contributed by atoms with Crippen molar-refractivity contribution in [3.05, 3.63) is 23.8 Å². The van der Waals surface area contributed by atoms with Crippen LogP contribution in [0, 0.1) is 0 Å². The molecule has 20 heavy (non-hydrogen) atoms. The van der Waals surface area contributed by atoms with Crippen molar-refractivity contribution in [2.24, 2.45) is 0 Å². The second-order valence-corrected chi connectivity index (χ2v) is 6.91. The van der Waals surface area contributed by atoms with Crippen LogP contribution in [-0.4, -0.2) is 30.8 Å². The van der Waals surface area contributed by atoms with Crippen LogP contribution in [0.5, 0.6) is 11.5 Å². The molecule has 0 unspecified atom stereocenters. The highest BCUT2D eigenvalue weighted by Gasteiger charge is 2.35. The maximum Gasteiger partial charge on any atom is 0.165 e. The van der Waals surface area contributed by atoms with Crippen LogP contribution in [0.15, 0.2) is 18.2 Å². The lowest BCUT2D eigenvalue weighted by Crippen LogP contribution is -2.43. The fourth-order valence-corrected chi connectivity index (χ4v) is 3.79. The molecule has 1 aromatic rings. The Labute approximate surface area is 125 Å². The zero-order valence-electron chi connectivity index (χ0n) is 12.1. The predicted octanol–water partition coefficient (Wildman–Crippen LogP) is 3.22. The Balaban J connectivity index is 1.62. The van der Waals surface area contributed by atoms with Crippen LogP contribution in [0.3, 0.4) is 0 Å². The number of ether oxygens (including phenoxy) is 2. The average molecular weight is 293 g/mol. The minimum Gasteiger partial charge on any atom is -0.490 e. The Hall–Kier alpha value is -0.870. The molecule has 0 spiro atoms. The molecule has 3 nitrogen and oxygen atoms in total. The maximum atomic E-state index is 5.86. The maximum absolute atomic E-state index is 5.86. The van der Waals surface area contributed by atoms with E-state index in [4.69, 9.17) is 9.47 Å². The number of para-hydroxylation sites is 1. The summed E-state index contributed by atoms with van der Waals surface area (Å²) in [4.78, 5) is 0. The number of benzene rings is 1. The van der Waals surface area contributed by atoms with E-state index < -0.39 is 0 Å². The molecule has 110 valence electrons. The van der Waals surface area contributed by atoms with Crippen LogP contribution in [-0.2, 0) is 6.54 Å². The van der Waals surface area contributed by atoms with Gasteiger partial charge in [0.2, 0.25) is 0 Å². The predicted molar refractivity (Wildman–Crippen MR) is 83.9 cm³/mol. The van der Waals surface area contributed by atoms with Gasteiger partial charge in [-0.3, -0.25) is 0 Å². The Kier molecular flexibility index (Phi) is 4.41. The summed E-state index contributed by atoms with van der Waals surface area (Å²) in [5.41, 5.74) is 1.21. The van der Waals surface area contributed by atoms with Gasteiger partial charge in [0.1, 0.15) is 0 Å². The van der Waals surface area contributed by atoms with E-state index in [1.807, 2.05) is 17.8 Å². The molecule has 1 heterocycles. The second kappa shape index (κ2) is 6.27.